The van der Waals surface area contributed by atoms with E-state index in [1.54, 1.807) is 6.07 Å². The first-order valence-electron chi connectivity index (χ1n) is 11.1. The van der Waals surface area contributed by atoms with Crippen molar-refractivity contribution in [2.24, 2.45) is 0 Å². The van der Waals surface area contributed by atoms with Crippen LogP contribution in [0.2, 0.25) is 0 Å². The fraction of sp³-hybridized carbons (Fsp3) is 0.391. The molecule has 12 heteroatoms. The third-order valence-electron chi connectivity index (χ3n) is 6.14. The van der Waals surface area contributed by atoms with Crippen molar-refractivity contribution >= 4 is 11.7 Å². The van der Waals surface area contributed by atoms with Crippen molar-refractivity contribution in [3.63, 3.8) is 0 Å². The quantitative estimate of drug-likeness (QED) is 0.514. The van der Waals surface area contributed by atoms with E-state index in [1.807, 2.05) is 4.90 Å². The highest BCUT2D eigenvalue weighted by molar-refractivity contribution is 5.96. The van der Waals surface area contributed by atoms with Crippen LogP contribution in [0.3, 0.4) is 0 Å². The first kappa shape index (κ1) is 24.2. The molecule has 10 nitrogen and oxygen atoms in total. The third-order valence-corrected chi connectivity index (χ3v) is 6.14. The highest BCUT2D eigenvalue weighted by atomic mass is 19.1. The minimum absolute atomic E-state index is 0.0602. The van der Waals surface area contributed by atoms with Crippen molar-refractivity contribution < 1.29 is 28.2 Å². The summed E-state index contributed by atoms with van der Waals surface area (Å²) in [6.45, 7) is -0.138. The van der Waals surface area contributed by atoms with Crippen LogP contribution in [0, 0.1) is 11.6 Å². The van der Waals surface area contributed by atoms with Gasteiger partial charge in [-0.25, -0.2) is 18.4 Å². The Morgan fingerprint density at radius 1 is 1.09 bits per heavy atom. The van der Waals surface area contributed by atoms with Crippen LogP contribution in [0.15, 0.2) is 35.1 Å². The maximum absolute atomic E-state index is 14.3. The lowest BCUT2D eigenvalue weighted by Gasteiger charge is -2.36. The molecule has 2 aromatic carbocycles. The van der Waals surface area contributed by atoms with Gasteiger partial charge in [0.15, 0.2) is 17.4 Å². The molecule has 186 valence electrons. The molecule has 1 fully saturated rings. The zero-order valence-electron chi connectivity index (χ0n) is 19.3. The number of carbonyl (C=O) groups is 1. The summed E-state index contributed by atoms with van der Waals surface area (Å²) < 4.78 is 40.8. The van der Waals surface area contributed by atoms with E-state index in [2.05, 4.69) is 10.4 Å². The van der Waals surface area contributed by atoms with E-state index in [4.69, 9.17) is 9.47 Å². The number of methoxy groups -OCH3 is 2. The monoisotopic (exact) mass is 489 g/mol. The number of tetrazole rings is 1. The van der Waals surface area contributed by atoms with E-state index in [1.165, 1.54) is 26.4 Å². The van der Waals surface area contributed by atoms with Crippen LogP contribution in [0.25, 0.3) is 5.69 Å². The molecule has 0 unspecified atom stereocenters. The summed E-state index contributed by atoms with van der Waals surface area (Å²) in [6, 6.07) is 6.34. The lowest BCUT2D eigenvalue weighted by molar-refractivity contribution is 0.0689. The molecular formula is C23H25F2N5O5. The number of anilines is 1. The second-order valence-electron chi connectivity index (χ2n) is 8.15. The molecule has 1 heterocycles. The molecule has 1 N–H and O–H groups in total. The fourth-order valence-electron chi connectivity index (χ4n) is 4.48. The van der Waals surface area contributed by atoms with Crippen LogP contribution < -0.4 is 20.1 Å². The van der Waals surface area contributed by atoms with Crippen LogP contribution in [0.5, 0.6) is 11.5 Å². The molecule has 1 aliphatic carbocycles. The van der Waals surface area contributed by atoms with Crippen LogP contribution in [0.1, 0.15) is 42.5 Å². The predicted octanol–water partition coefficient (Wildman–Crippen LogP) is 3.22. The summed E-state index contributed by atoms with van der Waals surface area (Å²) >= 11 is 0. The Labute approximate surface area is 199 Å². The summed E-state index contributed by atoms with van der Waals surface area (Å²) in [5.74, 6) is -2.94. The Hall–Kier alpha value is -3.96. The van der Waals surface area contributed by atoms with Gasteiger partial charge in [0, 0.05) is 6.04 Å². The average molecular weight is 489 g/mol. The van der Waals surface area contributed by atoms with Gasteiger partial charge in [0.2, 0.25) is 0 Å². The predicted molar refractivity (Wildman–Crippen MR) is 121 cm³/mol. The standard InChI is InChI=1S/C23H25F2N5O5/c1-34-18-12-11-17(21(35-2)19(18)22(31)32)28(14-7-4-3-5-8-14)13-29-23(33)30(27-26-29)20-15(24)9-6-10-16(20)25/h6,9-12,14H,3-5,7-8,13H2,1-2H3,(H,31,32). The van der Waals surface area contributed by atoms with Crippen molar-refractivity contribution in [2.45, 2.75) is 44.8 Å². The fourth-order valence-corrected chi connectivity index (χ4v) is 4.48. The Morgan fingerprint density at radius 3 is 2.37 bits per heavy atom. The first-order valence-corrected chi connectivity index (χ1v) is 11.1. The van der Waals surface area contributed by atoms with Crippen molar-refractivity contribution in [2.75, 3.05) is 19.1 Å². The number of rotatable bonds is 8. The van der Waals surface area contributed by atoms with E-state index in [-0.39, 0.29) is 29.8 Å². The minimum Gasteiger partial charge on any atom is -0.496 e. The number of benzene rings is 2. The minimum atomic E-state index is -1.23. The van der Waals surface area contributed by atoms with Gasteiger partial charge < -0.3 is 19.5 Å². The van der Waals surface area contributed by atoms with Crippen LogP contribution in [-0.4, -0.2) is 51.1 Å². The summed E-state index contributed by atoms with van der Waals surface area (Å²) in [7, 11) is 2.71. The molecule has 0 spiro atoms. The molecule has 35 heavy (non-hydrogen) atoms. The number of hydrogen-bond acceptors (Lipinski definition) is 7. The lowest BCUT2D eigenvalue weighted by Crippen LogP contribution is -2.41. The molecule has 0 bridgehead atoms. The molecule has 0 aliphatic heterocycles. The van der Waals surface area contributed by atoms with Crippen LogP contribution >= 0.6 is 0 Å². The molecule has 0 atom stereocenters. The number of ether oxygens (including phenoxy) is 2. The Bertz CT molecular complexity index is 1270. The van der Waals surface area contributed by atoms with Gasteiger partial charge in [0.05, 0.1) is 19.9 Å². The van der Waals surface area contributed by atoms with Gasteiger partial charge in [0.1, 0.15) is 23.7 Å². The van der Waals surface area contributed by atoms with Gasteiger partial charge in [-0.1, -0.05) is 25.3 Å². The number of nitrogens with zero attached hydrogens (tertiary/aromatic N) is 5. The molecule has 1 aliphatic rings. The number of carboxylic acid groups (broad SMARTS) is 1. The van der Waals surface area contributed by atoms with Crippen LogP contribution in [0.4, 0.5) is 14.5 Å². The molecule has 0 amide bonds. The van der Waals surface area contributed by atoms with Gasteiger partial charge in [-0.15, -0.1) is 0 Å². The Morgan fingerprint density at radius 2 is 1.77 bits per heavy atom. The molecule has 0 radical (unpaired) electrons. The number of para-hydroxylation sites is 1. The number of carboxylic acids is 1. The molecule has 1 aromatic heterocycles. The van der Waals surface area contributed by atoms with Gasteiger partial charge >= 0.3 is 11.7 Å². The summed E-state index contributed by atoms with van der Waals surface area (Å²) in [5, 5.41) is 17.3. The normalized spacial score (nSPS) is 14.1. The lowest BCUT2D eigenvalue weighted by atomic mass is 9.93. The maximum Gasteiger partial charge on any atom is 0.370 e. The van der Waals surface area contributed by atoms with Crippen molar-refractivity contribution in [1.82, 2.24) is 19.8 Å². The highest BCUT2D eigenvalue weighted by Crippen LogP contribution is 2.40. The molecule has 0 saturated heterocycles. The molecular weight excluding hydrogens is 464 g/mol. The van der Waals surface area contributed by atoms with Crippen molar-refractivity contribution in [3.05, 3.63) is 58.0 Å². The van der Waals surface area contributed by atoms with Crippen LogP contribution in [-0.2, 0) is 6.67 Å². The zero-order valence-corrected chi connectivity index (χ0v) is 19.3. The summed E-state index contributed by atoms with van der Waals surface area (Å²) in [5.41, 5.74) is -1.20. The van der Waals surface area contributed by atoms with E-state index in [9.17, 15) is 23.5 Å². The molecule has 4 rings (SSSR count). The van der Waals surface area contributed by atoms with Gasteiger partial charge in [0.25, 0.3) is 0 Å². The first-order chi connectivity index (χ1) is 16.9. The second kappa shape index (κ2) is 10.1. The van der Waals surface area contributed by atoms with Crippen molar-refractivity contribution in [3.8, 4) is 17.2 Å². The second-order valence-corrected chi connectivity index (χ2v) is 8.15. The number of aromatic nitrogens is 4. The van der Waals surface area contributed by atoms with E-state index in [0.717, 1.165) is 48.9 Å². The zero-order chi connectivity index (χ0) is 25.1. The third kappa shape index (κ3) is 4.55. The summed E-state index contributed by atoms with van der Waals surface area (Å²) in [4.78, 5) is 26.9. The van der Waals surface area contributed by atoms with Gasteiger partial charge in [-0.3, -0.25) is 0 Å². The summed E-state index contributed by atoms with van der Waals surface area (Å²) in [6.07, 6.45) is 4.55. The van der Waals surface area contributed by atoms with E-state index < -0.39 is 29.0 Å². The topological polar surface area (TPSA) is 112 Å². The van der Waals surface area contributed by atoms with E-state index in [0.29, 0.717) is 10.4 Å². The molecule has 3 aromatic rings. The maximum atomic E-state index is 14.3. The van der Waals surface area contributed by atoms with E-state index >= 15 is 0 Å². The van der Waals surface area contributed by atoms with Gasteiger partial charge in [-0.05, 0) is 47.5 Å². The number of aromatic carboxylic acids is 1. The average Bonchev–Trinajstić information content (AvgIpc) is 3.21. The molecule has 1 saturated carbocycles. The number of hydrogen-bond donors (Lipinski definition) is 1. The smallest absolute Gasteiger partial charge is 0.370 e. The Kier molecular flexibility index (Phi) is 6.99. The van der Waals surface area contributed by atoms with Crippen molar-refractivity contribution in [1.29, 1.82) is 0 Å². The highest BCUT2D eigenvalue weighted by Gasteiger charge is 2.30. The largest absolute Gasteiger partial charge is 0.496 e. The SMILES string of the molecule is COc1ccc(N(Cn2nnn(-c3c(F)cccc3F)c2=O)C2CCCCC2)c(OC)c1C(=O)O. The number of halogens is 2. The van der Waals surface area contributed by atoms with Gasteiger partial charge in [-0.2, -0.15) is 9.36 Å². The Balaban J connectivity index is 1.81.